The Morgan fingerprint density at radius 3 is 3.21 bits per heavy atom. The Hall–Kier alpha value is -1.13. The van der Waals surface area contributed by atoms with Gasteiger partial charge in [-0.05, 0) is 25.1 Å². The predicted molar refractivity (Wildman–Crippen MR) is 62.4 cm³/mol. The smallest absolute Gasteiger partial charge is 0.204 e. The summed E-state index contributed by atoms with van der Waals surface area (Å²) in [5.74, 6) is 0. The monoisotopic (exact) mass is 225 g/mol. The first-order valence-corrected chi connectivity index (χ1v) is 5.29. The first-order chi connectivity index (χ1) is 6.79. The van der Waals surface area contributed by atoms with Crippen LogP contribution in [0.5, 0.6) is 0 Å². The van der Waals surface area contributed by atoms with Crippen LogP contribution in [0, 0.1) is 0 Å². The van der Waals surface area contributed by atoms with Gasteiger partial charge in [-0.3, -0.25) is 5.43 Å². The van der Waals surface area contributed by atoms with Gasteiger partial charge < -0.3 is 0 Å². The van der Waals surface area contributed by atoms with Gasteiger partial charge in [0.2, 0.25) is 5.13 Å². The van der Waals surface area contributed by atoms with Gasteiger partial charge in [0.25, 0.3) is 0 Å². The normalized spacial score (nSPS) is 11.3. The topological polar surface area (TPSA) is 37.3 Å². The van der Waals surface area contributed by atoms with Crippen LogP contribution in [0.3, 0.4) is 0 Å². The van der Waals surface area contributed by atoms with Gasteiger partial charge in [0.05, 0.1) is 10.2 Å². The molecule has 0 atom stereocenters. The quantitative estimate of drug-likeness (QED) is 0.629. The van der Waals surface area contributed by atoms with Crippen LogP contribution in [0.15, 0.2) is 23.3 Å². The van der Waals surface area contributed by atoms with Crippen molar-refractivity contribution in [3.63, 3.8) is 0 Å². The van der Waals surface area contributed by atoms with Crippen molar-refractivity contribution >= 4 is 44.5 Å². The molecule has 0 amide bonds. The van der Waals surface area contributed by atoms with Gasteiger partial charge in [0, 0.05) is 11.2 Å². The Bertz CT molecular complexity index is 478. The van der Waals surface area contributed by atoms with E-state index in [1.54, 1.807) is 17.6 Å². The molecule has 72 valence electrons. The van der Waals surface area contributed by atoms with Crippen LogP contribution in [0.25, 0.3) is 10.2 Å². The number of rotatable bonds is 2. The highest BCUT2D eigenvalue weighted by Crippen LogP contribution is 2.27. The lowest BCUT2D eigenvalue weighted by Gasteiger charge is -1.88. The van der Waals surface area contributed by atoms with Crippen molar-refractivity contribution in [3.05, 3.63) is 23.2 Å². The number of aromatic nitrogens is 1. The molecule has 1 aromatic heterocycles. The Morgan fingerprint density at radius 2 is 2.43 bits per heavy atom. The van der Waals surface area contributed by atoms with Crippen molar-refractivity contribution < 1.29 is 0 Å². The lowest BCUT2D eigenvalue weighted by Crippen LogP contribution is -1.85. The summed E-state index contributed by atoms with van der Waals surface area (Å²) in [6.45, 7) is 1.84. The van der Waals surface area contributed by atoms with E-state index in [2.05, 4.69) is 15.5 Å². The molecule has 0 aliphatic rings. The molecule has 0 aliphatic carbocycles. The molecule has 0 saturated heterocycles. The SMILES string of the molecule is C/C=N/Nc1nc2cc(Cl)ccc2s1. The maximum Gasteiger partial charge on any atom is 0.204 e. The summed E-state index contributed by atoms with van der Waals surface area (Å²) in [5.41, 5.74) is 3.74. The highest BCUT2D eigenvalue weighted by Gasteiger charge is 2.02. The molecule has 0 unspecified atom stereocenters. The van der Waals surface area contributed by atoms with Gasteiger partial charge >= 0.3 is 0 Å². The molecule has 1 N–H and O–H groups in total. The Morgan fingerprint density at radius 1 is 1.57 bits per heavy atom. The summed E-state index contributed by atoms with van der Waals surface area (Å²) < 4.78 is 1.10. The van der Waals surface area contributed by atoms with Crippen LogP contribution in [0.2, 0.25) is 5.02 Å². The molecule has 1 aromatic carbocycles. The highest BCUT2D eigenvalue weighted by atomic mass is 35.5. The third-order valence-corrected chi connectivity index (χ3v) is 2.82. The van der Waals surface area contributed by atoms with Gasteiger partial charge in [-0.2, -0.15) is 5.10 Å². The molecule has 0 aliphatic heterocycles. The highest BCUT2D eigenvalue weighted by molar-refractivity contribution is 7.22. The van der Waals surface area contributed by atoms with E-state index >= 15 is 0 Å². The van der Waals surface area contributed by atoms with Crippen molar-refractivity contribution in [2.24, 2.45) is 5.10 Å². The third-order valence-electron chi connectivity index (χ3n) is 1.64. The van der Waals surface area contributed by atoms with E-state index in [9.17, 15) is 0 Å². The second kappa shape index (κ2) is 3.94. The average Bonchev–Trinajstić information content (AvgIpc) is 2.56. The van der Waals surface area contributed by atoms with E-state index in [0.29, 0.717) is 5.02 Å². The Labute approximate surface area is 90.4 Å². The average molecular weight is 226 g/mol. The molecular formula is C9H8ClN3S. The van der Waals surface area contributed by atoms with E-state index in [1.165, 1.54) is 0 Å². The van der Waals surface area contributed by atoms with Gasteiger partial charge in [0.1, 0.15) is 0 Å². The van der Waals surface area contributed by atoms with Crippen LogP contribution in [-0.4, -0.2) is 11.2 Å². The second-order valence-corrected chi connectivity index (χ2v) is 4.10. The number of benzene rings is 1. The van der Waals surface area contributed by atoms with Crippen LogP contribution < -0.4 is 5.43 Å². The molecule has 3 nitrogen and oxygen atoms in total. The maximum absolute atomic E-state index is 5.85. The van der Waals surface area contributed by atoms with Crippen molar-refractivity contribution in [1.29, 1.82) is 0 Å². The number of hydrazone groups is 1. The predicted octanol–water partition coefficient (Wildman–Crippen LogP) is 3.37. The Kier molecular flexibility index (Phi) is 2.65. The fraction of sp³-hybridized carbons (Fsp3) is 0.111. The summed E-state index contributed by atoms with van der Waals surface area (Å²) in [7, 11) is 0. The van der Waals surface area contributed by atoms with E-state index in [0.717, 1.165) is 15.3 Å². The van der Waals surface area contributed by atoms with Gasteiger partial charge in [-0.1, -0.05) is 22.9 Å². The maximum atomic E-state index is 5.85. The largest absolute Gasteiger partial charge is 0.253 e. The summed E-state index contributed by atoms with van der Waals surface area (Å²) in [4.78, 5) is 4.32. The zero-order valence-electron chi connectivity index (χ0n) is 7.49. The molecule has 0 spiro atoms. The molecule has 0 fully saturated rings. The lowest BCUT2D eigenvalue weighted by atomic mass is 10.3. The fourth-order valence-corrected chi connectivity index (χ4v) is 2.03. The number of nitrogens with zero attached hydrogens (tertiary/aromatic N) is 2. The fourth-order valence-electron chi connectivity index (χ4n) is 1.07. The number of nitrogens with one attached hydrogen (secondary N) is 1. The summed E-state index contributed by atoms with van der Waals surface area (Å²) in [5, 5.41) is 5.38. The number of anilines is 1. The van der Waals surface area contributed by atoms with Crippen molar-refractivity contribution in [1.82, 2.24) is 4.98 Å². The molecular weight excluding hydrogens is 218 g/mol. The van der Waals surface area contributed by atoms with E-state index in [-0.39, 0.29) is 0 Å². The van der Waals surface area contributed by atoms with Crippen molar-refractivity contribution in [2.75, 3.05) is 5.43 Å². The number of halogens is 1. The molecule has 2 rings (SSSR count). The standard InChI is InChI=1S/C9H8ClN3S/c1-2-11-13-9-12-7-5-6(10)3-4-8(7)14-9/h2-5H,1H3,(H,12,13)/b11-2+. The molecule has 14 heavy (non-hydrogen) atoms. The van der Waals surface area contributed by atoms with Crippen LogP contribution in [0.4, 0.5) is 5.13 Å². The zero-order chi connectivity index (χ0) is 9.97. The minimum atomic E-state index is 0.702. The molecule has 0 saturated carbocycles. The molecule has 5 heteroatoms. The molecule has 2 aromatic rings. The summed E-state index contributed by atoms with van der Waals surface area (Å²) in [6, 6.07) is 5.65. The third kappa shape index (κ3) is 1.86. The van der Waals surface area contributed by atoms with E-state index in [1.807, 2.05) is 25.1 Å². The first-order valence-electron chi connectivity index (χ1n) is 4.09. The van der Waals surface area contributed by atoms with Gasteiger partial charge in [-0.15, -0.1) is 0 Å². The number of thiazole rings is 1. The number of hydrogen-bond acceptors (Lipinski definition) is 4. The van der Waals surface area contributed by atoms with Crippen molar-refractivity contribution in [2.45, 2.75) is 6.92 Å². The minimum absolute atomic E-state index is 0.702. The number of hydrogen-bond donors (Lipinski definition) is 1. The van der Waals surface area contributed by atoms with Gasteiger partial charge in [-0.25, -0.2) is 4.98 Å². The molecule has 0 bridgehead atoms. The summed E-state index contributed by atoms with van der Waals surface area (Å²) >= 11 is 7.40. The van der Waals surface area contributed by atoms with Gasteiger partial charge in [0.15, 0.2) is 0 Å². The molecule has 0 radical (unpaired) electrons. The van der Waals surface area contributed by atoms with Crippen LogP contribution >= 0.6 is 22.9 Å². The number of fused-ring (bicyclic) bond motifs is 1. The van der Waals surface area contributed by atoms with Crippen LogP contribution in [-0.2, 0) is 0 Å². The summed E-state index contributed by atoms with van der Waals surface area (Å²) in [6.07, 6.45) is 1.68. The van der Waals surface area contributed by atoms with E-state index in [4.69, 9.17) is 11.6 Å². The second-order valence-electron chi connectivity index (χ2n) is 2.63. The Balaban J connectivity index is 2.41. The van der Waals surface area contributed by atoms with Crippen molar-refractivity contribution in [3.8, 4) is 0 Å². The lowest BCUT2D eigenvalue weighted by molar-refractivity contribution is 1.31. The van der Waals surface area contributed by atoms with E-state index < -0.39 is 0 Å². The first kappa shape index (κ1) is 9.43. The molecule has 1 heterocycles. The van der Waals surface area contributed by atoms with Crippen LogP contribution in [0.1, 0.15) is 6.92 Å². The minimum Gasteiger partial charge on any atom is -0.253 e. The zero-order valence-corrected chi connectivity index (χ0v) is 9.06.